The fraction of sp³-hybridized carbons (Fsp3) is 0.577. The lowest BCUT2D eigenvalue weighted by Crippen LogP contribution is -2.58. The van der Waals surface area contributed by atoms with Gasteiger partial charge in [0.05, 0.1) is 0 Å². The van der Waals surface area contributed by atoms with Crippen molar-refractivity contribution in [3.8, 4) is 12.3 Å². The Bertz CT molecular complexity index is 875. The van der Waals surface area contributed by atoms with E-state index in [1.165, 1.54) is 4.90 Å². The summed E-state index contributed by atoms with van der Waals surface area (Å²) in [6.07, 6.45) is 6.75. The number of nitrogens with zero attached hydrogens (tertiary/aromatic N) is 1. The maximum absolute atomic E-state index is 13.7. The third-order valence-electron chi connectivity index (χ3n) is 4.81. The van der Waals surface area contributed by atoms with E-state index in [0.29, 0.717) is 17.7 Å². The highest BCUT2D eigenvalue weighted by atomic mass is 16.6. The summed E-state index contributed by atoms with van der Waals surface area (Å²) in [5.41, 5.74) is -0.371. The van der Waals surface area contributed by atoms with Gasteiger partial charge in [0.25, 0.3) is 0 Å². The number of unbranched alkanes of at least 4 members (excludes halogenated alkanes) is 1. The molecule has 0 spiro atoms. The standard InChI is InChI=1S/C26H39N3O4/c1-10-12-17-27-22(30)21(20-16-14-13-15-19(20)11-2)29(25(4,5)6)23(31)18(3)28-24(32)33-26(7,8)9/h2,13-16,18,21H,10,12,17H2,1,3-9H3,(H,27,30)(H,28,32). The van der Waals surface area contributed by atoms with Crippen LogP contribution in [0, 0.1) is 12.3 Å². The first-order chi connectivity index (χ1) is 15.2. The lowest BCUT2D eigenvalue weighted by atomic mass is 9.93. The van der Waals surface area contributed by atoms with Crippen molar-refractivity contribution in [2.24, 2.45) is 0 Å². The van der Waals surface area contributed by atoms with Crippen LogP contribution in [-0.4, -0.2) is 46.5 Å². The minimum absolute atomic E-state index is 0.320. The molecule has 0 fully saturated rings. The molecule has 0 radical (unpaired) electrons. The maximum Gasteiger partial charge on any atom is 0.408 e. The Morgan fingerprint density at radius 1 is 1.12 bits per heavy atom. The summed E-state index contributed by atoms with van der Waals surface area (Å²) in [6.45, 7) is 14.9. The SMILES string of the molecule is C#Cc1ccccc1C(C(=O)NCCCC)N(C(=O)C(C)NC(=O)OC(C)(C)C)C(C)(C)C. The van der Waals surface area contributed by atoms with Crippen molar-refractivity contribution in [3.63, 3.8) is 0 Å². The van der Waals surface area contributed by atoms with Crippen LogP contribution in [-0.2, 0) is 14.3 Å². The van der Waals surface area contributed by atoms with Crippen molar-refractivity contribution < 1.29 is 19.1 Å². The molecule has 2 atom stereocenters. The van der Waals surface area contributed by atoms with E-state index < -0.39 is 35.2 Å². The Morgan fingerprint density at radius 2 is 1.73 bits per heavy atom. The number of carbonyl (C=O) groups excluding carboxylic acids is 3. The topological polar surface area (TPSA) is 87.7 Å². The minimum Gasteiger partial charge on any atom is -0.444 e. The van der Waals surface area contributed by atoms with Gasteiger partial charge in [0, 0.05) is 17.6 Å². The highest BCUT2D eigenvalue weighted by Gasteiger charge is 2.41. The molecule has 0 aliphatic carbocycles. The van der Waals surface area contributed by atoms with Gasteiger partial charge in [0.2, 0.25) is 11.8 Å². The molecule has 0 bridgehead atoms. The van der Waals surface area contributed by atoms with Crippen molar-refractivity contribution in [3.05, 3.63) is 35.4 Å². The molecule has 0 aromatic heterocycles. The molecule has 0 saturated carbocycles. The van der Waals surface area contributed by atoms with Crippen molar-refractivity contribution in [2.45, 2.75) is 91.5 Å². The van der Waals surface area contributed by atoms with Crippen LogP contribution in [0.3, 0.4) is 0 Å². The van der Waals surface area contributed by atoms with Crippen molar-refractivity contribution >= 4 is 17.9 Å². The van der Waals surface area contributed by atoms with E-state index in [9.17, 15) is 14.4 Å². The number of benzene rings is 1. The van der Waals surface area contributed by atoms with Crippen molar-refractivity contribution in [1.82, 2.24) is 15.5 Å². The summed E-state index contributed by atoms with van der Waals surface area (Å²) in [6, 6.07) is 5.19. The summed E-state index contributed by atoms with van der Waals surface area (Å²) in [4.78, 5) is 40.9. The fourth-order valence-electron chi connectivity index (χ4n) is 3.35. The average molecular weight is 458 g/mol. The van der Waals surface area contributed by atoms with Gasteiger partial charge in [-0.2, -0.15) is 0 Å². The number of rotatable bonds is 8. The number of hydrogen-bond donors (Lipinski definition) is 2. The Balaban J connectivity index is 3.43. The van der Waals surface area contributed by atoms with E-state index >= 15 is 0 Å². The third kappa shape index (κ3) is 8.45. The quantitative estimate of drug-likeness (QED) is 0.453. The fourth-order valence-corrected chi connectivity index (χ4v) is 3.35. The van der Waals surface area contributed by atoms with E-state index in [1.54, 1.807) is 52.0 Å². The Morgan fingerprint density at radius 3 is 2.24 bits per heavy atom. The highest BCUT2D eigenvalue weighted by Crippen LogP contribution is 2.31. The summed E-state index contributed by atoms with van der Waals surface area (Å²) in [5, 5.41) is 5.53. The van der Waals surface area contributed by atoms with Gasteiger partial charge in [-0.05, 0) is 66.5 Å². The Hall–Kier alpha value is -3.01. The van der Waals surface area contributed by atoms with Crippen LogP contribution < -0.4 is 10.6 Å². The predicted octanol–water partition coefficient (Wildman–Crippen LogP) is 4.17. The van der Waals surface area contributed by atoms with Crippen LogP contribution in [0.1, 0.15) is 85.4 Å². The largest absolute Gasteiger partial charge is 0.444 e. The molecule has 1 aromatic rings. The molecule has 1 aromatic carbocycles. The second-order valence-corrected chi connectivity index (χ2v) is 10.0. The van der Waals surface area contributed by atoms with Crippen LogP contribution in [0.25, 0.3) is 0 Å². The van der Waals surface area contributed by atoms with Crippen LogP contribution in [0.15, 0.2) is 24.3 Å². The van der Waals surface area contributed by atoms with E-state index in [4.69, 9.17) is 11.2 Å². The van der Waals surface area contributed by atoms with Gasteiger partial charge < -0.3 is 20.3 Å². The van der Waals surface area contributed by atoms with E-state index in [-0.39, 0.29) is 5.91 Å². The molecule has 7 heteroatoms. The molecule has 0 heterocycles. The summed E-state index contributed by atoms with van der Waals surface area (Å²) < 4.78 is 5.29. The second-order valence-electron chi connectivity index (χ2n) is 10.0. The van der Waals surface area contributed by atoms with Gasteiger partial charge >= 0.3 is 6.09 Å². The molecule has 2 unspecified atom stereocenters. The number of hydrogen-bond acceptors (Lipinski definition) is 4. The van der Waals surface area contributed by atoms with Crippen LogP contribution in [0.2, 0.25) is 0 Å². The minimum atomic E-state index is -0.968. The maximum atomic E-state index is 13.7. The molecule has 3 amide bonds. The molecule has 0 saturated heterocycles. The first kappa shape index (κ1) is 28.0. The first-order valence-corrected chi connectivity index (χ1v) is 11.4. The van der Waals surface area contributed by atoms with E-state index in [1.807, 2.05) is 27.7 Å². The average Bonchev–Trinajstić information content (AvgIpc) is 2.69. The smallest absolute Gasteiger partial charge is 0.408 e. The van der Waals surface area contributed by atoms with Gasteiger partial charge in [-0.3, -0.25) is 9.59 Å². The third-order valence-corrected chi connectivity index (χ3v) is 4.81. The lowest BCUT2D eigenvalue weighted by molar-refractivity contribution is -0.148. The predicted molar refractivity (Wildman–Crippen MR) is 130 cm³/mol. The number of ether oxygens (including phenoxy) is 1. The van der Waals surface area contributed by atoms with Gasteiger partial charge in [-0.15, -0.1) is 6.42 Å². The Labute approximate surface area is 198 Å². The van der Waals surface area contributed by atoms with Gasteiger partial charge in [-0.25, -0.2) is 4.79 Å². The molecular formula is C26H39N3O4. The van der Waals surface area contributed by atoms with Crippen molar-refractivity contribution in [1.29, 1.82) is 0 Å². The molecule has 7 nitrogen and oxygen atoms in total. The summed E-state index contributed by atoms with van der Waals surface area (Å²) in [7, 11) is 0. The molecule has 1 rings (SSSR count). The monoisotopic (exact) mass is 457 g/mol. The normalized spacial score (nSPS) is 13.3. The van der Waals surface area contributed by atoms with Gasteiger partial charge in [0.1, 0.15) is 17.7 Å². The van der Waals surface area contributed by atoms with E-state index in [2.05, 4.69) is 16.6 Å². The van der Waals surface area contributed by atoms with Crippen LogP contribution >= 0.6 is 0 Å². The number of amides is 3. The number of alkyl carbamates (subject to hydrolysis) is 1. The summed E-state index contributed by atoms with van der Waals surface area (Å²) >= 11 is 0. The molecule has 0 aliphatic rings. The van der Waals surface area contributed by atoms with Crippen LogP contribution in [0.4, 0.5) is 4.79 Å². The number of terminal acetylenes is 1. The number of carbonyl (C=O) groups is 3. The zero-order valence-corrected chi connectivity index (χ0v) is 21.2. The zero-order valence-electron chi connectivity index (χ0n) is 21.2. The molecule has 2 N–H and O–H groups in total. The van der Waals surface area contributed by atoms with Crippen LogP contribution in [0.5, 0.6) is 0 Å². The van der Waals surface area contributed by atoms with Gasteiger partial charge in [0.15, 0.2) is 0 Å². The lowest BCUT2D eigenvalue weighted by Gasteiger charge is -2.42. The van der Waals surface area contributed by atoms with E-state index in [0.717, 1.165) is 12.8 Å². The molecule has 33 heavy (non-hydrogen) atoms. The zero-order chi connectivity index (χ0) is 25.4. The van der Waals surface area contributed by atoms with Crippen molar-refractivity contribution in [2.75, 3.05) is 6.54 Å². The highest BCUT2D eigenvalue weighted by molar-refractivity contribution is 5.92. The molecule has 182 valence electrons. The second kappa shape index (κ2) is 11.7. The van der Waals surface area contributed by atoms with Gasteiger partial charge in [-0.1, -0.05) is 37.5 Å². The molecule has 0 aliphatic heterocycles. The molecular weight excluding hydrogens is 418 g/mol. The Kier molecular flexibility index (Phi) is 9.97. The first-order valence-electron chi connectivity index (χ1n) is 11.4. The number of nitrogens with one attached hydrogen (secondary N) is 2. The summed E-state index contributed by atoms with van der Waals surface area (Å²) in [5.74, 6) is 1.88.